The standard InChI is InChI=1S/C25H27NO4/c1-2-29-24(27)16-13-17-11-12-18(14-16)26(17)25(28)30-15-23-21-9-5-3-7-19(21)20-8-4-6-10-22(20)23/h3-10,16-18,23H,2,11-15H2,1H3. The van der Waals surface area contributed by atoms with E-state index in [1.807, 2.05) is 24.0 Å². The van der Waals surface area contributed by atoms with Crippen molar-refractivity contribution in [2.45, 2.75) is 50.6 Å². The molecule has 2 saturated heterocycles. The van der Waals surface area contributed by atoms with E-state index in [2.05, 4.69) is 36.4 Å². The van der Waals surface area contributed by atoms with Gasteiger partial charge in [0, 0.05) is 18.0 Å². The second kappa shape index (κ2) is 7.78. The Kier molecular flexibility index (Phi) is 4.97. The minimum atomic E-state index is -0.244. The molecule has 5 rings (SSSR count). The van der Waals surface area contributed by atoms with E-state index in [9.17, 15) is 9.59 Å². The molecular weight excluding hydrogens is 378 g/mol. The van der Waals surface area contributed by atoms with Gasteiger partial charge in [-0.2, -0.15) is 0 Å². The van der Waals surface area contributed by atoms with Crippen LogP contribution in [0.4, 0.5) is 4.79 Å². The molecule has 0 radical (unpaired) electrons. The van der Waals surface area contributed by atoms with Crippen LogP contribution in [-0.4, -0.2) is 42.3 Å². The van der Waals surface area contributed by atoms with Crippen LogP contribution in [-0.2, 0) is 14.3 Å². The third-order valence-corrected chi connectivity index (χ3v) is 6.90. The zero-order chi connectivity index (χ0) is 20.7. The third-order valence-electron chi connectivity index (χ3n) is 6.90. The fourth-order valence-electron chi connectivity index (χ4n) is 5.60. The van der Waals surface area contributed by atoms with E-state index >= 15 is 0 Å². The summed E-state index contributed by atoms with van der Waals surface area (Å²) in [5, 5.41) is 0. The largest absolute Gasteiger partial charge is 0.466 e. The highest BCUT2D eigenvalue weighted by Gasteiger charge is 2.46. The van der Waals surface area contributed by atoms with Gasteiger partial charge in [-0.25, -0.2) is 4.79 Å². The average Bonchev–Trinajstić information content (AvgIpc) is 3.23. The molecule has 2 fully saturated rings. The number of esters is 1. The van der Waals surface area contributed by atoms with Gasteiger partial charge in [0.15, 0.2) is 0 Å². The first-order valence-electron chi connectivity index (χ1n) is 11.0. The van der Waals surface area contributed by atoms with Crippen molar-refractivity contribution in [2.75, 3.05) is 13.2 Å². The lowest BCUT2D eigenvalue weighted by Crippen LogP contribution is -2.48. The minimum Gasteiger partial charge on any atom is -0.466 e. The molecule has 2 heterocycles. The molecule has 0 spiro atoms. The lowest BCUT2D eigenvalue weighted by Gasteiger charge is -2.37. The Morgan fingerprint density at radius 3 is 2.03 bits per heavy atom. The smallest absolute Gasteiger partial charge is 0.410 e. The number of piperidine rings is 1. The Hall–Kier alpha value is -2.82. The number of benzene rings is 2. The number of hydrogen-bond donors (Lipinski definition) is 0. The van der Waals surface area contributed by atoms with E-state index in [1.165, 1.54) is 22.3 Å². The number of carbonyl (C=O) groups is 2. The zero-order valence-corrected chi connectivity index (χ0v) is 17.3. The molecule has 30 heavy (non-hydrogen) atoms. The highest BCUT2D eigenvalue weighted by molar-refractivity contribution is 5.79. The SMILES string of the molecule is CCOC(=O)C1CC2CCC(C1)N2C(=O)OCC1c2ccccc2-c2ccccc21. The molecule has 1 aliphatic carbocycles. The molecule has 1 amide bonds. The topological polar surface area (TPSA) is 55.8 Å². The number of ether oxygens (including phenoxy) is 2. The Balaban J connectivity index is 1.28. The predicted molar refractivity (Wildman–Crippen MR) is 113 cm³/mol. The average molecular weight is 405 g/mol. The van der Waals surface area contributed by atoms with Crippen LogP contribution in [0.5, 0.6) is 0 Å². The van der Waals surface area contributed by atoms with Gasteiger partial charge in [-0.3, -0.25) is 4.79 Å². The summed E-state index contributed by atoms with van der Waals surface area (Å²) in [6, 6.07) is 16.9. The van der Waals surface area contributed by atoms with Crippen LogP contribution < -0.4 is 0 Å². The first kappa shape index (κ1) is 19.2. The lowest BCUT2D eigenvalue weighted by atomic mass is 9.91. The quantitative estimate of drug-likeness (QED) is 0.690. The molecule has 2 aliphatic heterocycles. The second-order valence-corrected chi connectivity index (χ2v) is 8.52. The van der Waals surface area contributed by atoms with Crippen molar-refractivity contribution in [3.05, 3.63) is 59.7 Å². The summed E-state index contributed by atoms with van der Waals surface area (Å²) in [6.45, 7) is 2.57. The van der Waals surface area contributed by atoms with Crippen LogP contribution in [0.3, 0.4) is 0 Å². The summed E-state index contributed by atoms with van der Waals surface area (Å²) < 4.78 is 11.1. The number of amides is 1. The van der Waals surface area contributed by atoms with Crippen molar-refractivity contribution in [3.63, 3.8) is 0 Å². The molecule has 2 unspecified atom stereocenters. The van der Waals surface area contributed by atoms with Crippen LogP contribution >= 0.6 is 0 Å². The van der Waals surface area contributed by atoms with Gasteiger partial charge in [0.25, 0.3) is 0 Å². The van der Waals surface area contributed by atoms with Gasteiger partial charge in [-0.15, -0.1) is 0 Å². The number of nitrogens with zero attached hydrogens (tertiary/aromatic N) is 1. The van der Waals surface area contributed by atoms with Gasteiger partial charge in [0.2, 0.25) is 0 Å². The first-order chi connectivity index (χ1) is 14.7. The Labute approximate surface area is 177 Å². The highest BCUT2D eigenvalue weighted by Crippen LogP contribution is 2.45. The van der Waals surface area contributed by atoms with Gasteiger partial charge < -0.3 is 14.4 Å². The van der Waals surface area contributed by atoms with Crippen molar-refractivity contribution in [3.8, 4) is 11.1 Å². The van der Waals surface area contributed by atoms with Gasteiger partial charge in [0.1, 0.15) is 6.61 Å². The maximum atomic E-state index is 13.0. The molecule has 2 aromatic rings. The monoisotopic (exact) mass is 405 g/mol. The summed E-state index contributed by atoms with van der Waals surface area (Å²) in [5.41, 5.74) is 4.89. The fourth-order valence-corrected chi connectivity index (χ4v) is 5.60. The molecular formula is C25H27NO4. The van der Waals surface area contributed by atoms with Crippen molar-refractivity contribution in [2.24, 2.45) is 5.92 Å². The molecule has 0 aromatic heterocycles. The summed E-state index contributed by atoms with van der Waals surface area (Å²) in [6.07, 6.45) is 2.99. The van der Waals surface area contributed by atoms with Crippen molar-refractivity contribution >= 4 is 12.1 Å². The van der Waals surface area contributed by atoms with E-state index in [0.29, 0.717) is 26.1 Å². The molecule has 2 bridgehead atoms. The number of carbonyl (C=O) groups excluding carboxylic acids is 2. The number of rotatable bonds is 4. The fraction of sp³-hybridized carbons (Fsp3) is 0.440. The zero-order valence-electron chi connectivity index (χ0n) is 17.3. The van der Waals surface area contributed by atoms with Gasteiger partial charge in [-0.1, -0.05) is 48.5 Å². The van der Waals surface area contributed by atoms with Crippen molar-refractivity contribution in [1.82, 2.24) is 4.90 Å². The van der Waals surface area contributed by atoms with E-state index in [-0.39, 0.29) is 36.0 Å². The second-order valence-electron chi connectivity index (χ2n) is 8.52. The van der Waals surface area contributed by atoms with Crippen LogP contribution in [0.15, 0.2) is 48.5 Å². The molecule has 0 N–H and O–H groups in total. The number of hydrogen-bond acceptors (Lipinski definition) is 4. The van der Waals surface area contributed by atoms with Gasteiger partial charge in [0.05, 0.1) is 12.5 Å². The molecule has 2 atom stereocenters. The van der Waals surface area contributed by atoms with E-state index < -0.39 is 0 Å². The normalized spacial score (nSPS) is 24.3. The molecule has 3 aliphatic rings. The summed E-state index contributed by atoms with van der Waals surface area (Å²) >= 11 is 0. The molecule has 2 aromatic carbocycles. The molecule has 5 nitrogen and oxygen atoms in total. The third kappa shape index (κ3) is 3.17. The van der Waals surface area contributed by atoms with Crippen LogP contribution in [0.2, 0.25) is 0 Å². The van der Waals surface area contributed by atoms with Gasteiger partial charge >= 0.3 is 12.1 Å². The van der Waals surface area contributed by atoms with Gasteiger partial charge in [-0.05, 0) is 54.9 Å². The predicted octanol–water partition coefficient (Wildman–Crippen LogP) is 4.74. The number of fused-ring (bicyclic) bond motifs is 5. The van der Waals surface area contributed by atoms with Crippen LogP contribution in [0, 0.1) is 5.92 Å². The summed E-state index contributed by atoms with van der Waals surface area (Å²) in [7, 11) is 0. The van der Waals surface area contributed by atoms with E-state index in [1.54, 1.807) is 0 Å². The maximum Gasteiger partial charge on any atom is 0.410 e. The Morgan fingerprint density at radius 2 is 1.47 bits per heavy atom. The molecule has 5 heteroatoms. The molecule has 0 saturated carbocycles. The van der Waals surface area contributed by atoms with Crippen LogP contribution in [0.25, 0.3) is 11.1 Å². The summed E-state index contributed by atoms with van der Waals surface area (Å²) in [4.78, 5) is 27.1. The van der Waals surface area contributed by atoms with Crippen molar-refractivity contribution < 1.29 is 19.1 Å². The first-order valence-corrected chi connectivity index (χ1v) is 11.0. The minimum absolute atomic E-state index is 0.0658. The van der Waals surface area contributed by atoms with E-state index in [0.717, 1.165) is 12.8 Å². The Bertz CT molecular complexity index is 912. The highest BCUT2D eigenvalue weighted by atomic mass is 16.6. The van der Waals surface area contributed by atoms with Crippen molar-refractivity contribution in [1.29, 1.82) is 0 Å². The van der Waals surface area contributed by atoms with Crippen LogP contribution in [0.1, 0.15) is 49.7 Å². The van der Waals surface area contributed by atoms with E-state index in [4.69, 9.17) is 9.47 Å². The molecule has 156 valence electrons. The Morgan fingerprint density at radius 1 is 0.900 bits per heavy atom. The maximum absolute atomic E-state index is 13.0. The lowest BCUT2D eigenvalue weighted by molar-refractivity contribution is -0.150. The summed E-state index contributed by atoms with van der Waals surface area (Å²) in [5.74, 6) is -0.155.